The predicted octanol–water partition coefficient (Wildman–Crippen LogP) is 2.59. The van der Waals surface area contributed by atoms with E-state index in [1.165, 1.54) is 0 Å². The topological polar surface area (TPSA) is 40.5 Å². The minimum Gasteiger partial charge on any atom is -0.507 e. The summed E-state index contributed by atoms with van der Waals surface area (Å²) >= 11 is 0. The van der Waals surface area contributed by atoms with Crippen molar-refractivity contribution in [2.45, 2.75) is 40.0 Å². The molecule has 0 aliphatic rings. The van der Waals surface area contributed by atoms with Crippen molar-refractivity contribution >= 4 is 0 Å². The first-order chi connectivity index (χ1) is 6.81. The number of aromatic hydroxyl groups is 1. The van der Waals surface area contributed by atoms with Crippen molar-refractivity contribution in [2.24, 2.45) is 0 Å². The molecule has 0 unspecified atom stereocenters. The van der Waals surface area contributed by atoms with E-state index < -0.39 is 0 Å². The van der Waals surface area contributed by atoms with Gasteiger partial charge in [-0.3, -0.25) is 0 Å². The number of benzene rings is 1. The first kappa shape index (κ1) is 12.1. The van der Waals surface area contributed by atoms with Gasteiger partial charge in [-0.2, -0.15) is 0 Å². The van der Waals surface area contributed by atoms with Gasteiger partial charge < -0.3 is 10.2 Å². The summed E-state index contributed by atoms with van der Waals surface area (Å²) in [5, 5.41) is 19.1. The second-order valence-electron chi connectivity index (χ2n) is 4.88. The van der Waals surface area contributed by atoms with Gasteiger partial charge in [0, 0.05) is 5.41 Å². The largest absolute Gasteiger partial charge is 0.507 e. The van der Waals surface area contributed by atoms with E-state index in [0.29, 0.717) is 5.75 Å². The van der Waals surface area contributed by atoms with E-state index >= 15 is 0 Å². The Kier molecular flexibility index (Phi) is 3.10. The molecule has 0 heterocycles. The molecule has 2 nitrogen and oxygen atoms in total. The lowest BCUT2D eigenvalue weighted by Gasteiger charge is -2.26. The molecule has 0 aromatic heterocycles. The molecule has 0 saturated carbocycles. The summed E-state index contributed by atoms with van der Waals surface area (Å²) in [4.78, 5) is 0. The molecule has 15 heavy (non-hydrogen) atoms. The number of aryl methyl sites for hydroxylation is 1. The highest BCUT2D eigenvalue weighted by atomic mass is 16.3. The summed E-state index contributed by atoms with van der Waals surface area (Å²) in [7, 11) is 0. The molecule has 0 radical (unpaired) electrons. The normalized spacial score (nSPS) is 11.9. The molecule has 2 N–H and O–H groups in total. The van der Waals surface area contributed by atoms with E-state index in [2.05, 4.69) is 0 Å². The summed E-state index contributed by atoms with van der Waals surface area (Å²) in [6.45, 7) is 9.91. The maximum atomic E-state index is 9.79. The molecule has 0 amide bonds. The fourth-order valence-electron chi connectivity index (χ4n) is 1.86. The number of phenolic OH excluding ortho intramolecular Hbond substituents is 1. The highest BCUT2D eigenvalue weighted by Crippen LogP contribution is 2.34. The third-order valence-electron chi connectivity index (χ3n) is 3.18. The second-order valence-corrected chi connectivity index (χ2v) is 4.88. The Balaban J connectivity index is 3.45. The van der Waals surface area contributed by atoms with Crippen LogP contribution in [-0.2, 0) is 5.41 Å². The van der Waals surface area contributed by atoms with Crippen LogP contribution in [0.5, 0.6) is 5.75 Å². The van der Waals surface area contributed by atoms with Gasteiger partial charge in [0.2, 0.25) is 0 Å². The maximum Gasteiger partial charge on any atom is 0.121 e. The van der Waals surface area contributed by atoms with E-state index in [4.69, 9.17) is 0 Å². The van der Waals surface area contributed by atoms with Crippen molar-refractivity contribution in [3.8, 4) is 5.75 Å². The standard InChI is InChI=1S/C13H20O2/c1-8-6-11(13(4,5)7-14)9(2)10(3)12(8)15/h6,14-15H,7H2,1-5H3. The first-order valence-corrected chi connectivity index (χ1v) is 5.22. The molecule has 0 spiro atoms. The van der Waals surface area contributed by atoms with Crippen LogP contribution >= 0.6 is 0 Å². The number of aliphatic hydroxyl groups is 1. The second kappa shape index (κ2) is 3.86. The maximum absolute atomic E-state index is 9.79. The monoisotopic (exact) mass is 208 g/mol. The minimum absolute atomic E-state index is 0.109. The molecular weight excluding hydrogens is 188 g/mol. The molecule has 1 aromatic carbocycles. The minimum atomic E-state index is -0.257. The molecule has 0 aliphatic carbocycles. The van der Waals surface area contributed by atoms with Gasteiger partial charge in [0.15, 0.2) is 0 Å². The van der Waals surface area contributed by atoms with Gasteiger partial charge in [0.1, 0.15) is 5.75 Å². The van der Waals surface area contributed by atoms with Crippen molar-refractivity contribution in [2.75, 3.05) is 6.61 Å². The molecule has 0 aliphatic heterocycles. The van der Waals surface area contributed by atoms with Crippen molar-refractivity contribution in [3.63, 3.8) is 0 Å². The van der Waals surface area contributed by atoms with Crippen LogP contribution in [-0.4, -0.2) is 16.8 Å². The lowest BCUT2D eigenvalue weighted by Crippen LogP contribution is -2.23. The van der Waals surface area contributed by atoms with Crippen LogP contribution in [0.1, 0.15) is 36.1 Å². The number of hydrogen-bond donors (Lipinski definition) is 2. The van der Waals surface area contributed by atoms with E-state index in [-0.39, 0.29) is 12.0 Å². The highest BCUT2D eigenvalue weighted by molar-refractivity contribution is 5.50. The quantitative estimate of drug-likeness (QED) is 0.784. The zero-order chi connectivity index (χ0) is 11.8. The number of hydrogen-bond acceptors (Lipinski definition) is 2. The highest BCUT2D eigenvalue weighted by Gasteiger charge is 2.23. The molecule has 0 fully saturated rings. The van der Waals surface area contributed by atoms with Crippen LogP contribution < -0.4 is 0 Å². The molecular formula is C13H20O2. The van der Waals surface area contributed by atoms with E-state index in [9.17, 15) is 10.2 Å². The van der Waals surface area contributed by atoms with Gasteiger partial charge in [-0.15, -0.1) is 0 Å². The molecule has 84 valence electrons. The smallest absolute Gasteiger partial charge is 0.121 e. The van der Waals surface area contributed by atoms with Crippen LogP contribution in [0.25, 0.3) is 0 Å². The predicted molar refractivity (Wildman–Crippen MR) is 62.4 cm³/mol. The fraction of sp³-hybridized carbons (Fsp3) is 0.538. The van der Waals surface area contributed by atoms with Crippen LogP contribution in [0.4, 0.5) is 0 Å². The molecule has 0 saturated heterocycles. The Morgan fingerprint density at radius 1 is 1.13 bits per heavy atom. The van der Waals surface area contributed by atoms with Gasteiger partial charge in [0.25, 0.3) is 0 Å². The molecule has 1 rings (SSSR count). The van der Waals surface area contributed by atoms with Crippen molar-refractivity contribution in [1.82, 2.24) is 0 Å². The van der Waals surface area contributed by atoms with Crippen molar-refractivity contribution in [3.05, 3.63) is 28.3 Å². The molecule has 0 bridgehead atoms. The third-order valence-corrected chi connectivity index (χ3v) is 3.18. The lowest BCUT2D eigenvalue weighted by atomic mass is 9.80. The molecule has 0 atom stereocenters. The molecule has 2 heteroatoms. The van der Waals surface area contributed by atoms with Crippen LogP contribution in [0.2, 0.25) is 0 Å². The average molecular weight is 208 g/mol. The Labute approximate surface area is 91.6 Å². The Hall–Kier alpha value is -1.02. The summed E-state index contributed by atoms with van der Waals surface area (Å²) in [6.07, 6.45) is 0. The Bertz CT molecular complexity index is 379. The van der Waals surface area contributed by atoms with E-state index in [0.717, 1.165) is 22.3 Å². The summed E-state index contributed by atoms with van der Waals surface area (Å²) in [5.41, 5.74) is 3.70. The Morgan fingerprint density at radius 2 is 1.67 bits per heavy atom. The van der Waals surface area contributed by atoms with Crippen molar-refractivity contribution < 1.29 is 10.2 Å². The van der Waals surface area contributed by atoms with E-state index in [1.807, 2.05) is 40.7 Å². The zero-order valence-electron chi connectivity index (χ0n) is 10.2. The van der Waals surface area contributed by atoms with Gasteiger partial charge in [-0.1, -0.05) is 19.9 Å². The van der Waals surface area contributed by atoms with Gasteiger partial charge in [-0.05, 0) is 43.0 Å². The zero-order valence-corrected chi connectivity index (χ0v) is 10.2. The van der Waals surface area contributed by atoms with Crippen LogP contribution in [0.3, 0.4) is 0 Å². The fourth-order valence-corrected chi connectivity index (χ4v) is 1.86. The number of rotatable bonds is 2. The van der Waals surface area contributed by atoms with E-state index in [1.54, 1.807) is 0 Å². The number of aliphatic hydroxyl groups excluding tert-OH is 1. The third kappa shape index (κ3) is 2.00. The van der Waals surface area contributed by atoms with Crippen LogP contribution in [0, 0.1) is 20.8 Å². The average Bonchev–Trinajstić information content (AvgIpc) is 2.20. The van der Waals surface area contributed by atoms with Crippen LogP contribution in [0.15, 0.2) is 6.07 Å². The summed E-state index contributed by atoms with van der Waals surface area (Å²) < 4.78 is 0. The lowest BCUT2D eigenvalue weighted by molar-refractivity contribution is 0.218. The van der Waals surface area contributed by atoms with Gasteiger partial charge in [-0.25, -0.2) is 0 Å². The molecule has 1 aromatic rings. The van der Waals surface area contributed by atoms with Crippen molar-refractivity contribution in [1.29, 1.82) is 0 Å². The first-order valence-electron chi connectivity index (χ1n) is 5.22. The summed E-state index contributed by atoms with van der Waals surface area (Å²) in [5.74, 6) is 0.366. The number of phenols is 1. The van der Waals surface area contributed by atoms with Gasteiger partial charge in [0.05, 0.1) is 6.61 Å². The Morgan fingerprint density at radius 3 is 2.13 bits per heavy atom. The summed E-state index contributed by atoms with van der Waals surface area (Å²) in [6, 6.07) is 1.97. The van der Waals surface area contributed by atoms with Gasteiger partial charge >= 0.3 is 0 Å². The SMILES string of the molecule is Cc1cc(C(C)(C)CO)c(C)c(C)c1O.